The summed E-state index contributed by atoms with van der Waals surface area (Å²) in [5, 5.41) is 20.4. The average molecular weight is 618 g/mol. The molecule has 1 fully saturated rings. The van der Waals surface area contributed by atoms with Crippen molar-refractivity contribution in [3.63, 3.8) is 0 Å². The minimum Gasteiger partial charge on any atom is -0.507 e. The third-order valence-electron chi connectivity index (χ3n) is 6.87. The van der Waals surface area contributed by atoms with Crippen molar-refractivity contribution in [2.45, 2.75) is 35.9 Å². The highest BCUT2D eigenvalue weighted by atomic mass is 32.2. The summed E-state index contributed by atoms with van der Waals surface area (Å²) in [4.78, 5) is 28.5. The molecule has 2 heterocycles. The molecule has 4 aromatic rings. The first-order chi connectivity index (χ1) is 20.9. The van der Waals surface area contributed by atoms with E-state index in [2.05, 4.69) is 17.1 Å². The van der Waals surface area contributed by atoms with E-state index in [4.69, 9.17) is 14.2 Å². The van der Waals surface area contributed by atoms with Crippen LogP contribution < -0.4 is 19.1 Å². The first-order valence-corrected chi connectivity index (χ1v) is 15.5. The molecule has 5 rings (SSSR count). The maximum absolute atomic E-state index is 13.6. The molecule has 1 saturated heterocycles. The first-order valence-electron chi connectivity index (χ1n) is 13.7. The molecule has 1 N–H and O–H groups in total. The number of hydrogen-bond acceptors (Lipinski definition) is 10. The number of carbonyl (C=O) groups excluding carboxylic acids is 2. The zero-order valence-electron chi connectivity index (χ0n) is 24.0. The highest BCUT2D eigenvalue weighted by Crippen LogP contribution is 2.45. The van der Waals surface area contributed by atoms with Gasteiger partial charge in [0.25, 0.3) is 5.78 Å². The Morgan fingerprint density at radius 2 is 1.72 bits per heavy atom. The number of ether oxygens (including phenoxy) is 3. The molecular formula is C32H31N3O6S2. The number of Topliss-reactive ketones (excluding diaryl/α,β-unsaturated/α-hetero) is 1. The number of anilines is 1. The van der Waals surface area contributed by atoms with Gasteiger partial charge >= 0.3 is 5.91 Å². The second-order valence-electron chi connectivity index (χ2n) is 9.63. The molecule has 11 heteroatoms. The molecule has 222 valence electrons. The Kier molecular flexibility index (Phi) is 9.63. The van der Waals surface area contributed by atoms with Crippen LogP contribution in [0.3, 0.4) is 0 Å². The number of amides is 1. The van der Waals surface area contributed by atoms with Crippen molar-refractivity contribution in [1.29, 1.82) is 0 Å². The third kappa shape index (κ3) is 6.52. The van der Waals surface area contributed by atoms with Crippen molar-refractivity contribution in [3.05, 3.63) is 95.1 Å². The van der Waals surface area contributed by atoms with Crippen molar-refractivity contribution in [1.82, 2.24) is 10.2 Å². The summed E-state index contributed by atoms with van der Waals surface area (Å²) >= 11 is 2.71. The third-order valence-corrected chi connectivity index (χ3v) is 9.00. The molecule has 9 nitrogen and oxygen atoms in total. The molecule has 0 spiro atoms. The van der Waals surface area contributed by atoms with Gasteiger partial charge in [0, 0.05) is 11.3 Å². The molecule has 3 aromatic carbocycles. The Labute approximate surface area is 258 Å². The van der Waals surface area contributed by atoms with E-state index in [0.29, 0.717) is 45.1 Å². The van der Waals surface area contributed by atoms with E-state index in [1.165, 1.54) is 42.2 Å². The van der Waals surface area contributed by atoms with E-state index in [1.54, 1.807) is 42.5 Å². The number of methoxy groups -OCH3 is 2. The predicted molar refractivity (Wildman–Crippen MR) is 167 cm³/mol. The number of thioether (sulfide) groups is 1. The summed E-state index contributed by atoms with van der Waals surface area (Å²) in [7, 11) is 2.99. The standard InChI is InChI=1S/C32H31N3O6S2/c1-4-5-17-41-23-14-11-21(12-15-23)27-26(28(36)22-13-16-24(39-2)25(18-22)40-3)29(37)30(38)35(27)31-33-34-32(43-31)42-19-20-9-7-6-8-10-20/h6-16,18,27,36H,4-5,17,19H2,1-3H3/b28-26+. The van der Waals surface area contributed by atoms with Crippen LogP contribution in [0.25, 0.3) is 5.76 Å². The van der Waals surface area contributed by atoms with Gasteiger partial charge < -0.3 is 19.3 Å². The minimum atomic E-state index is -0.947. The van der Waals surface area contributed by atoms with Gasteiger partial charge in [-0.3, -0.25) is 14.5 Å². The quantitative estimate of drug-likeness (QED) is 0.0466. The molecule has 1 unspecified atom stereocenters. The number of benzene rings is 3. The molecule has 0 saturated carbocycles. The van der Waals surface area contributed by atoms with Crippen LogP contribution in [0.4, 0.5) is 5.13 Å². The highest BCUT2D eigenvalue weighted by molar-refractivity contribution is 8.00. The predicted octanol–water partition coefficient (Wildman–Crippen LogP) is 6.65. The second kappa shape index (κ2) is 13.7. The molecule has 1 aliphatic rings. The number of aromatic nitrogens is 2. The Balaban J connectivity index is 1.54. The van der Waals surface area contributed by atoms with Crippen LogP contribution in [0.5, 0.6) is 17.2 Å². The molecular weight excluding hydrogens is 587 g/mol. The summed E-state index contributed by atoms with van der Waals surface area (Å²) in [6, 6.07) is 21.0. The maximum Gasteiger partial charge on any atom is 0.301 e. The van der Waals surface area contributed by atoms with Gasteiger partial charge in [0.1, 0.15) is 11.5 Å². The minimum absolute atomic E-state index is 0.0643. The number of aliphatic hydroxyl groups excluding tert-OH is 1. The van der Waals surface area contributed by atoms with Crippen LogP contribution in [0.15, 0.2) is 82.7 Å². The van der Waals surface area contributed by atoms with E-state index in [0.717, 1.165) is 18.4 Å². The van der Waals surface area contributed by atoms with Crippen LogP contribution in [0, 0.1) is 0 Å². The molecule has 0 bridgehead atoms. The van der Waals surface area contributed by atoms with Gasteiger partial charge in [0.2, 0.25) is 5.13 Å². The lowest BCUT2D eigenvalue weighted by Crippen LogP contribution is -2.29. The molecule has 1 aliphatic heterocycles. The molecule has 1 aromatic heterocycles. The fourth-order valence-electron chi connectivity index (χ4n) is 4.64. The van der Waals surface area contributed by atoms with Crippen LogP contribution in [0.2, 0.25) is 0 Å². The Bertz CT molecular complexity index is 1620. The van der Waals surface area contributed by atoms with Crippen molar-refractivity contribution in [3.8, 4) is 17.2 Å². The van der Waals surface area contributed by atoms with E-state index in [1.807, 2.05) is 30.3 Å². The van der Waals surface area contributed by atoms with Crippen LogP contribution in [0.1, 0.15) is 42.5 Å². The van der Waals surface area contributed by atoms with Gasteiger partial charge in [0.15, 0.2) is 15.8 Å². The fourth-order valence-corrected chi connectivity index (χ4v) is 6.47. The lowest BCUT2D eigenvalue weighted by atomic mass is 9.95. The molecule has 1 amide bonds. The SMILES string of the molecule is CCCCOc1ccc(C2/C(=C(\O)c3ccc(OC)c(OC)c3)C(=O)C(=O)N2c2nnc(SCc3ccccc3)s2)cc1. The number of carbonyl (C=O) groups is 2. The van der Waals surface area contributed by atoms with E-state index < -0.39 is 17.7 Å². The molecule has 1 atom stereocenters. The molecule has 43 heavy (non-hydrogen) atoms. The van der Waals surface area contributed by atoms with E-state index >= 15 is 0 Å². The number of aliphatic hydroxyl groups is 1. The zero-order chi connectivity index (χ0) is 30.3. The summed E-state index contributed by atoms with van der Waals surface area (Å²) in [5.41, 5.74) is 1.97. The Morgan fingerprint density at radius 1 is 0.977 bits per heavy atom. The summed E-state index contributed by atoms with van der Waals surface area (Å²) in [6.45, 7) is 2.68. The second-order valence-corrected chi connectivity index (χ2v) is 11.8. The van der Waals surface area contributed by atoms with Crippen LogP contribution in [-0.4, -0.2) is 47.8 Å². The number of ketones is 1. The van der Waals surface area contributed by atoms with Gasteiger partial charge in [0.05, 0.1) is 32.4 Å². The monoisotopic (exact) mass is 617 g/mol. The van der Waals surface area contributed by atoms with Gasteiger partial charge in [-0.15, -0.1) is 10.2 Å². The lowest BCUT2D eigenvalue weighted by Gasteiger charge is -2.23. The van der Waals surface area contributed by atoms with Crippen LogP contribution in [-0.2, 0) is 15.3 Å². The Morgan fingerprint density at radius 3 is 2.42 bits per heavy atom. The number of nitrogens with zero attached hydrogens (tertiary/aromatic N) is 3. The van der Waals surface area contributed by atoms with Crippen molar-refractivity contribution < 1.29 is 28.9 Å². The number of hydrogen-bond donors (Lipinski definition) is 1. The van der Waals surface area contributed by atoms with E-state index in [-0.39, 0.29) is 16.5 Å². The zero-order valence-corrected chi connectivity index (χ0v) is 25.6. The maximum atomic E-state index is 13.6. The summed E-state index contributed by atoms with van der Waals surface area (Å²) in [5.74, 6) is 0.221. The van der Waals surface area contributed by atoms with E-state index in [9.17, 15) is 14.7 Å². The van der Waals surface area contributed by atoms with Gasteiger partial charge in [-0.05, 0) is 47.9 Å². The van der Waals surface area contributed by atoms with Crippen LogP contribution >= 0.6 is 23.1 Å². The molecule has 0 radical (unpaired) electrons. The van der Waals surface area contributed by atoms with Gasteiger partial charge in [-0.1, -0.05) is 78.9 Å². The number of unbranched alkanes of at least 4 members (excludes halogenated alkanes) is 1. The van der Waals surface area contributed by atoms with Crippen molar-refractivity contribution in [2.75, 3.05) is 25.7 Å². The number of rotatable bonds is 12. The first kappa shape index (κ1) is 30.1. The average Bonchev–Trinajstić information content (AvgIpc) is 3.62. The summed E-state index contributed by atoms with van der Waals surface area (Å²) < 4.78 is 17.2. The fraction of sp³-hybridized carbons (Fsp3) is 0.250. The highest BCUT2D eigenvalue weighted by Gasteiger charge is 2.48. The molecule has 0 aliphatic carbocycles. The largest absolute Gasteiger partial charge is 0.507 e. The Hall–Kier alpha value is -4.35. The smallest absolute Gasteiger partial charge is 0.301 e. The topological polar surface area (TPSA) is 111 Å². The van der Waals surface area contributed by atoms with Gasteiger partial charge in [-0.2, -0.15) is 0 Å². The summed E-state index contributed by atoms with van der Waals surface area (Å²) in [6.07, 6.45) is 1.94. The van der Waals surface area contributed by atoms with Gasteiger partial charge in [-0.25, -0.2) is 0 Å². The van der Waals surface area contributed by atoms with Crippen molar-refractivity contribution >= 4 is 45.7 Å². The normalized spacial score (nSPS) is 16.0. The van der Waals surface area contributed by atoms with Crippen molar-refractivity contribution in [2.24, 2.45) is 0 Å². The lowest BCUT2D eigenvalue weighted by molar-refractivity contribution is -0.132.